The Bertz CT molecular complexity index is 385. The third kappa shape index (κ3) is 3.76. The average molecular weight is 317 g/mol. The smallest absolute Gasteiger partial charge is 0.340 e. The number of alkyl halides is 4. The fourth-order valence-electron chi connectivity index (χ4n) is 0.972. The van der Waals surface area contributed by atoms with Crippen molar-refractivity contribution < 1.29 is 27.0 Å². The van der Waals surface area contributed by atoms with Crippen molar-refractivity contribution in [2.75, 3.05) is 13.7 Å². The van der Waals surface area contributed by atoms with Crippen LogP contribution in [0.2, 0.25) is 0 Å². The second-order valence-electron chi connectivity index (χ2n) is 3.15. The molecule has 0 aromatic heterocycles. The highest BCUT2D eigenvalue weighted by molar-refractivity contribution is 9.10. The molecule has 0 atom stereocenters. The summed E-state index contributed by atoms with van der Waals surface area (Å²) in [5.41, 5.74) is 0. The first kappa shape index (κ1) is 14.1. The molecule has 0 spiro atoms. The van der Waals surface area contributed by atoms with E-state index in [1.807, 2.05) is 0 Å². The van der Waals surface area contributed by atoms with Crippen LogP contribution in [0.15, 0.2) is 22.7 Å². The van der Waals surface area contributed by atoms with Crippen LogP contribution in [-0.4, -0.2) is 26.1 Å². The molecule has 0 N–H and O–H groups in total. The second kappa shape index (κ2) is 5.57. The fourth-order valence-corrected chi connectivity index (χ4v) is 1.38. The molecular formula is C10H9BrF4O2. The minimum Gasteiger partial charge on any atom is -0.495 e. The quantitative estimate of drug-likeness (QED) is 0.770. The van der Waals surface area contributed by atoms with Crippen LogP contribution < -0.4 is 9.47 Å². The molecule has 7 heteroatoms. The lowest BCUT2D eigenvalue weighted by Crippen LogP contribution is -2.33. The monoisotopic (exact) mass is 316 g/mol. The molecule has 0 unspecified atom stereocenters. The summed E-state index contributed by atoms with van der Waals surface area (Å²) in [4.78, 5) is 0. The van der Waals surface area contributed by atoms with Crippen molar-refractivity contribution in [2.45, 2.75) is 12.3 Å². The average Bonchev–Trinajstić information content (AvgIpc) is 2.28. The Morgan fingerprint density at radius 2 is 2.00 bits per heavy atom. The normalized spacial score (nSPS) is 11.7. The van der Waals surface area contributed by atoms with Crippen molar-refractivity contribution in [3.63, 3.8) is 0 Å². The van der Waals surface area contributed by atoms with Gasteiger partial charge in [-0.3, -0.25) is 0 Å². The summed E-state index contributed by atoms with van der Waals surface area (Å²) in [5.74, 6) is -3.77. The van der Waals surface area contributed by atoms with Gasteiger partial charge in [0.15, 0.2) is 6.61 Å². The van der Waals surface area contributed by atoms with Crippen molar-refractivity contribution in [1.82, 2.24) is 0 Å². The molecule has 0 bridgehead atoms. The molecule has 0 heterocycles. The Hall–Kier alpha value is -0.980. The van der Waals surface area contributed by atoms with E-state index in [2.05, 4.69) is 20.7 Å². The maximum absolute atomic E-state index is 12.6. The molecule has 2 nitrogen and oxygen atoms in total. The van der Waals surface area contributed by atoms with Crippen LogP contribution in [0, 0.1) is 0 Å². The van der Waals surface area contributed by atoms with Crippen LogP contribution in [0.25, 0.3) is 0 Å². The zero-order chi connectivity index (χ0) is 13.1. The van der Waals surface area contributed by atoms with E-state index in [0.717, 1.165) is 0 Å². The predicted octanol–water partition coefficient (Wildman–Crippen LogP) is 3.74. The van der Waals surface area contributed by atoms with Gasteiger partial charge in [-0.2, -0.15) is 8.78 Å². The molecule has 96 valence electrons. The standard InChI is InChI=1S/C10H9BrF4O2/c1-16-8-4-6(2-3-7(8)11)17-5-10(14,15)9(12)13/h2-4,9H,5H2,1H3. The molecule has 0 aliphatic rings. The van der Waals surface area contributed by atoms with Crippen LogP contribution in [0.3, 0.4) is 0 Å². The number of methoxy groups -OCH3 is 1. The molecule has 1 aromatic carbocycles. The van der Waals surface area contributed by atoms with Gasteiger partial charge in [-0.1, -0.05) is 0 Å². The van der Waals surface area contributed by atoms with Crippen molar-refractivity contribution >= 4 is 15.9 Å². The molecule has 0 amide bonds. The third-order valence-electron chi connectivity index (χ3n) is 1.87. The third-order valence-corrected chi connectivity index (χ3v) is 2.53. The maximum Gasteiger partial charge on any atom is 0.340 e. The highest BCUT2D eigenvalue weighted by Crippen LogP contribution is 2.30. The zero-order valence-corrected chi connectivity index (χ0v) is 10.3. The van der Waals surface area contributed by atoms with Gasteiger partial charge in [-0.05, 0) is 28.1 Å². The topological polar surface area (TPSA) is 18.5 Å². The number of benzene rings is 1. The van der Waals surface area contributed by atoms with E-state index in [-0.39, 0.29) is 5.75 Å². The van der Waals surface area contributed by atoms with Gasteiger partial charge in [0.25, 0.3) is 0 Å². The highest BCUT2D eigenvalue weighted by Gasteiger charge is 2.41. The largest absolute Gasteiger partial charge is 0.495 e. The van der Waals surface area contributed by atoms with E-state index in [9.17, 15) is 17.6 Å². The van der Waals surface area contributed by atoms with Crippen LogP contribution in [0.1, 0.15) is 0 Å². The summed E-state index contributed by atoms with van der Waals surface area (Å²) in [5, 5.41) is 0. The minimum atomic E-state index is -4.17. The van der Waals surface area contributed by atoms with Crippen molar-refractivity contribution in [2.24, 2.45) is 0 Å². The Morgan fingerprint density at radius 1 is 1.35 bits per heavy atom. The molecule has 0 fully saturated rings. The van der Waals surface area contributed by atoms with Gasteiger partial charge in [-0.15, -0.1) is 0 Å². The Balaban J connectivity index is 2.70. The predicted molar refractivity (Wildman–Crippen MR) is 57.1 cm³/mol. The summed E-state index contributed by atoms with van der Waals surface area (Å²) >= 11 is 3.16. The number of rotatable bonds is 5. The molecule has 0 saturated carbocycles. The molecule has 1 aromatic rings. The van der Waals surface area contributed by atoms with E-state index in [0.29, 0.717) is 10.2 Å². The van der Waals surface area contributed by atoms with E-state index >= 15 is 0 Å². The van der Waals surface area contributed by atoms with E-state index in [4.69, 9.17) is 4.74 Å². The highest BCUT2D eigenvalue weighted by atomic mass is 79.9. The van der Waals surface area contributed by atoms with Crippen molar-refractivity contribution in [3.8, 4) is 11.5 Å². The van der Waals surface area contributed by atoms with Gasteiger partial charge in [0.1, 0.15) is 11.5 Å². The molecule has 17 heavy (non-hydrogen) atoms. The molecule has 0 saturated heterocycles. The maximum atomic E-state index is 12.6. The lowest BCUT2D eigenvalue weighted by Gasteiger charge is -2.16. The summed E-state index contributed by atoms with van der Waals surface area (Å²) in [6, 6.07) is 4.20. The Kier molecular flexibility index (Phi) is 4.62. The molecule has 0 radical (unpaired) electrons. The fraction of sp³-hybridized carbons (Fsp3) is 0.400. The SMILES string of the molecule is COc1cc(OCC(F)(F)C(F)F)ccc1Br. The number of halogens is 5. The summed E-state index contributed by atoms with van der Waals surface area (Å²) in [6.07, 6.45) is -3.75. The second-order valence-corrected chi connectivity index (χ2v) is 4.00. The lowest BCUT2D eigenvalue weighted by atomic mass is 10.3. The van der Waals surface area contributed by atoms with Gasteiger partial charge in [0.05, 0.1) is 11.6 Å². The first-order valence-electron chi connectivity index (χ1n) is 4.49. The summed E-state index contributed by atoms with van der Waals surface area (Å²) in [6.45, 7) is -1.38. The minimum absolute atomic E-state index is 0.0328. The van der Waals surface area contributed by atoms with E-state index < -0.39 is 19.0 Å². The van der Waals surface area contributed by atoms with Crippen LogP contribution >= 0.6 is 15.9 Å². The first-order chi connectivity index (χ1) is 7.86. The molecule has 0 aliphatic heterocycles. The first-order valence-corrected chi connectivity index (χ1v) is 5.28. The Morgan fingerprint density at radius 3 is 2.53 bits per heavy atom. The van der Waals surface area contributed by atoms with E-state index in [1.165, 1.54) is 25.3 Å². The summed E-state index contributed by atoms with van der Waals surface area (Å²) in [7, 11) is 1.39. The van der Waals surface area contributed by atoms with Crippen molar-refractivity contribution in [1.29, 1.82) is 0 Å². The lowest BCUT2D eigenvalue weighted by molar-refractivity contribution is -0.148. The van der Waals surface area contributed by atoms with Gasteiger partial charge in [-0.25, -0.2) is 8.78 Å². The van der Waals surface area contributed by atoms with Crippen LogP contribution in [0.4, 0.5) is 17.6 Å². The molecule has 1 rings (SSSR count). The van der Waals surface area contributed by atoms with Gasteiger partial charge < -0.3 is 9.47 Å². The summed E-state index contributed by atoms with van der Waals surface area (Å²) < 4.78 is 59.0. The van der Waals surface area contributed by atoms with Gasteiger partial charge in [0, 0.05) is 6.07 Å². The Labute approximate surface area is 104 Å². The van der Waals surface area contributed by atoms with Crippen LogP contribution in [0.5, 0.6) is 11.5 Å². The molecular weight excluding hydrogens is 308 g/mol. The van der Waals surface area contributed by atoms with Crippen molar-refractivity contribution in [3.05, 3.63) is 22.7 Å². The van der Waals surface area contributed by atoms with E-state index in [1.54, 1.807) is 0 Å². The number of hydrogen-bond donors (Lipinski definition) is 0. The number of hydrogen-bond acceptors (Lipinski definition) is 2. The van der Waals surface area contributed by atoms with Crippen LogP contribution in [-0.2, 0) is 0 Å². The van der Waals surface area contributed by atoms with Gasteiger partial charge in [0.2, 0.25) is 0 Å². The number of ether oxygens (including phenoxy) is 2. The zero-order valence-electron chi connectivity index (χ0n) is 8.72. The molecule has 0 aliphatic carbocycles. The van der Waals surface area contributed by atoms with Gasteiger partial charge >= 0.3 is 12.3 Å².